The molecule has 0 aromatic carbocycles. The number of alkyl halides is 3. The van der Waals surface area contributed by atoms with Crippen LogP contribution >= 0.6 is 0 Å². The Morgan fingerprint density at radius 2 is 2.17 bits per heavy atom. The van der Waals surface area contributed by atoms with Gasteiger partial charge in [-0.3, -0.25) is 0 Å². The molecular weight excluding hydrogens is 307 g/mol. The maximum Gasteiger partial charge on any atom is 0.432 e. The third kappa shape index (κ3) is 3.28. The van der Waals surface area contributed by atoms with Gasteiger partial charge in [0, 0.05) is 25.2 Å². The molecule has 0 spiro atoms. The number of nitriles is 1. The van der Waals surface area contributed by atoms with E-state index in [0.29, 0.717) is 23.8 Å². The van der Waals surface area contributed by atoms with E-state index in [2.05, 4.69) is 21.0 Å². The summed E-state index contributed by atoms with van der Waals surface area (Å²) < 4.78 is 38.0. The van der Waals surface area contributed by atoms with Crippen molar-refractivity contribution < 1.29 is 13.2 Å². The molecule has 0 radical (unpaired) electrons. The number of nitrogens with zero attached hydrogens (tertiary/aromatic N) is 4. The van der Waals surface area contributed by atoms with E-state index in [9.17, 15) is 13.2 Å². The molecule has 1 fully saturated rings. The fourth-order valence-electron chi connectivity index (χ4n) is 2.76. The fourth-order valence-corrected chi connectivity index (χ4v) is 2.76. The summed E-state index contributed by atoms with van der Waals surface area (Å²) >= 11 is 0. The lowest BCUT2D eigenvalue weighted by Crippen LogP contribution is -2.35. The van der Waals surface area contributed by atoms with Crippen molar-refractivity contribution in [1.82, 2.24) is 15.0 Å². The van der Waals surface area contributed by atoms with E-state index in [-0.39, 0.29) is 5.92 Å². The molecule has 2 aromatic heterocycles. The summed E-state index contributed by atoms with van der Waals surface area (Å²) in [4.78, 5) is 12.5. The molecular formula is C15H14F3N5. The van der Waals surface area contributed by atoms with Gasteiger partial charge in [-0.2, -0.15) is 18.4 Å². The summed E-state index contributed by atoms with van der Waals surface area (Å²) in [5.74, 6) is 0.891. The van der Waals surface area contributed by atoms with Crippen LogP contribution in [0.3, 0.4) is 0 Å². The van der Waals surface area contributed by atoms with Crippen LogP contribution in [0.1, 0.15) is 35.8 Å². The van der Waals surface area contributed by atoms with Crippen molar-refractivity contribution in [3.63, 3.8) is 0 Å². The van der Waals surface area contributed by atoms with Crippen LogP contribution in [0.4, 0.5) is 19.0 Å². The molecule has 1 aliphatic heterocycles. The normalized spacial score (nSPS) is 18.7. The van der Waals surface area contributed by atoms with Crippen LogP contribution in [0.5, 0.6) is 0 Å². The summed E-state index contributed by atoms with van der Waals surface area (Å²) in [5, 5.41) is 8.95. The zero-order valence-corrected chi connectivity index (χ0v) is 12.1. The standard InChI is InChI=1S/C15H14F3N5/c16-15(17,18)12-8-21-14(22-12)11-2-1-5-23(9-11)13-6-10(7-19)3-4-20-13/h3-4,6,8,11H,1-2,5,9H2,(H,21,22). The van der Waals surface area contributed by atoms with Crippen LogP contribution in [0.2, 0.25) is 0 Å². The second-order valence-corrected chi connectivity index (χ2v) is 5.48. The zero-order chi connectivity index (χ0) is 16.4. The second kappa shape index (κ2) is 5.91. The Morgan fingerprint density at radius 3 is 2.87 bits per heavy atom. The molecule has 5 nitrogen and oxygen atoms in total. The number of H-pyrrole nitrogens is 1. The van der Waals surface area contributed by atoms with Gasteiger partial charge in [-0.05, 0) is 25.0 Å². The minimum Gasteiger partial charge on any atom is -0.356 e. The number of nitrogens with one attached hydrogen (secondary N) is 1. The Morgan fingerprint density at radius 1 is 1.35 bits per heavy atom. The number of halogens is 3. The molecule has 1 atom stereocenters. The summed E-state index contributed by atoms with van der Waals surface area (Å²) in [6.45, 7) is 1.28. The van der Waals surface area contributed by atoms with Gasteiger partial charge in [0.1, 0.15) is 17.3 Å². The number of rotatable bonds is 2. The number of piperidine rings is 1. The maximum atomic E-state index is 12.7. The third-order valence-corrected chi connectivity index (χ3v) is 3.91. The number of aromatic amines is 1. The number of imidazole rings is 1. The highest BCUT2D eigenvalue weighted by Crippen LogP contribution is 2.32. The molecule has 1 aliphatic rings. The molecule has 2 aromatic rings. The van der Waals surface area contributed by atoms with E-state index >= 15 is 0 Å². The number of anilines is 1. The van der Waals surface area contributed by atoms with Crippen molar-refractivity contribution >= 4 is 5.82 Å². The Bertz CT molecular complexity index is 731. The average molecular weight is 321 g/mol. The van der Waals surface area contributed by atoms with Crippen molar-refractivity contribution in [3.8, 4) is 6.07 Å². The van der Waals surface area contributed by atoms with Gasteiger partial charge in [-0.25, -0.2) is 9.97 Å². The van der Waals surface area contributed by atoms with Gasteiger partial charge in [-0.15, -0.1) is 0 Å². The van der Waals surface area contributed by atoms with Crippen LogP contribution in [0, 0.1) is 11.3 Å². The van der Waals surface area contributed by atoms with Crippen LogP contribution in [-0.2, 0) is 6.18 Å². The highest BCUT2D eigenvalue weighted by atomic mass is 19.4. The lowest BCUT2D eigenvalue weighted by Gasteiger charge is -2.32. The fraction of sp³-hybridized carbons (Fsp3) is 0.400. The van der Waals surface area contributed by atoms with E-state index in [4.69, 9.17) is 5.26 Å². The number of hydrogen-bond acceptors (Lipinski definition) is 4. The molecule has 120 valence electrons. The van der Waals surface area contributed by atoms with Crippen molar-refractivity contribution in [2.45, 2.75) is 24.9 Å². The van der Waals surface area contributed by atoms with Gasteiger partial charge < -0.3 is 9.88 Å². The smallest absolute Gasteiger partial charge is 0.356 e. The lowest BCUT2D eigenvalue weighted by molar-refractivity contribution is -0.141. The quantitative estimate of drug-likeness (QED) is 0.923. The van der Waals surface area contributed by atoms with E-state index in [1.165, 1.54) is 0 Å². The Hall–Kier alpha value is -2.56. The molecule has 0 bridgehead atoms. The molecule has 3 heterocycles. The molecule has 23 heavy (non-hydrogen) atoms. The largest absolute Gasteiger partial charge is 0.432 e. The third-order valence-electron chi connectivity index (χ3n) is 3.91. The monoisotopic (exact) mass is 321 g/mol. The number of aromatic nitrogens is 3. The minimum atomic E-state index is -4.41. The summed E-state index contributed by atoms with van der Waals surface area (Å²) in [6.07, 6.45) is -0.429. The topological polar surface area (TPSA) is 68.6 Å². The van der Waals surface area contributed by atoms with Crippen LogP contribution < -0.4 is 4.90 Å². The molecule has 0 saturated carbocycles. The first-order chi connectivity index (χ1) is 11.0. The Labute approximate surface area is 130 Å². The molecule has 1 saturated heterocycles. The van der Waals surface area contributed by atoms with E-state index in [1.807, 2.05) is 4.90 Å². The van der Waals surface area contributed by atoms with E-state index in [1.54, 1.807) is 18.3 Å². The van der Waals surface area contributed by atoms with Crippen molar-refractivity contribution in [2.24, 2.45) is 0 Å². The maximum absolute atomic E-state index is 12.7. The van der Waals surface area contributed by atoms with Gasteiger partial charge in [0.2, 0.25) is 0 Å². The first kappa shape index (κ1) is 15.3. The van der Waals surface area contributed by atoms with Gasteiger partial charge >= 0.3 is 6.18 Å². The van der Waals surface area contributed by atoms with Gasteiger partial charge in [0.05, 0.1) is 17.8 Å². The van der Waals surface area contributed by atoms with Gasteiger partial charge in [0.15, 0.2) is 0 Å². The summed E-state index contributed by atoms with van der Waals surface area (Å²) in [7, 11) is 0. The molecule has 3 rings (SSSR count). The first-order valence-corrected chi connectivity index (χ1v) is 7.20. The Balaban J connectivity index is 1.78. The van der Waals surface area contributed by atoms with Crippen LogP contribution in [0.15, 0.2) is 24.5 Å². The summed E-state index contributed by atoms with van der Waals surface area (Å²) in [5.41, 5.74) is -0.316. The van der Waals surface area contributed by atoms with Crippen molar-refractivity contribution in [2.75, 3.05) is 18.0 Å². The number of pyridine rings is 1. The van der Waals surface area contributed by atoms with E-state index < -0.39 is 11.9 Å². The first-order valence-electron chi connectivity index (χ1n) is 7.20. The van der Waals surface area contributed by atoms with Crippen LogP contribution in [0.25, 0.3) is 0 Å². The lowest BCUT2D eigenvalue weighted by atomic mass is 9.97. The van der Waals surface area contributed by atoms with E-state index in [0.717, 1.165) is 25.6 Å². The number of hydrogen-bond donors (Lipinski definition) is 1. The second-order valence-electron chi connectivity index (χ2n) is 5.48. The summed E-state index contributed by atoms with van der Waals surface area (Å²) in [6, 6.07) is 5.36. The van der Waals surface area contributed by atoms with Gasteiger partial charge in [0.25, 0.3) is 0 Å². The predicted molar refractivity (Wildman–Crippen MR) is 76.7 cm³/mol. The SMILES string of the molecule is N#Cc1ccnc(N2CCCC(c3ncc(C(F)(F)F)[nH]3)C2)c1. The highest BCUT2D eigenvalue weighted by Gasteiger charge is 2.34. The van der Waals surface area contributed by atoms with Gasteiger partial charge in [-0.1, -0.05) is 0 Å². The molecule has 0 amide bonds. The molecule has 8 heteroatoms. The zero-order valence-electron chi connectivity index (χ0n) is 12.1. The molecule has 1 unspecified atom stereocenters. The molecule has 1 N–H and O–H groups in total. The average Bonchev–Trinajstić information content (AvgIpc) is 3.05. The minimum absolute atomic E-state index is 0.118. The molecule has 0 aliphatic carbocycles. The predicted octanol–water partition coefficient (Wildman–Crippen LogP) is 3.08. The van der Waals surface area contributed by atoms with Crippen molar-refractivity contribution in [3.05, 3.63) is 41.6 Å². The van der Waals surface area contributed by atoms with Crippen LogP contribution in [-0.4, -0.2) is 28.0 Å². The Kier molecular flexibility index (Phi) is 3.94. The van der Waals surface area contributed by atoms with Crippen molar-refractivity contribution in [1.29, 1.82) is 5.26 Å². The highest BCUT2D eigenvalue weighted by molar-refractivity contribution is 5.45.